The summed E-state index contributed by atoms with van der Waals surface area (Å²) in [5, 5.41) is 3.34. The summed E-state index contributed by atoms with van der Waals surface area (Å²) in [6.07, 6.45) is 2.50. The minimum Gasteiger partial charge on any atom is -0.336 e. The quantitative estimate of drug-likeness (QED) is 0.862. The second kappa shape index (κ2) is 7.25. The Balaban J connectivity index is 1.75. The molecule has 118 valence electrons. The number of nitrogens with one attached hydrogen (secondary N) is 1. The average Bonchev–Trinajstić information content (AvgIpc) is 2.60. The number of hydrogen-bond donors (Lipinski definition) is 1. The molecule has 3 nitrogen and oxygen atoms in total. The lowest BCUT2D eigenvalue weighted by Gasteiger charge is -2.32. The molecule has 1 fully saturated rings. The maximum atomic E-state index is 12.5. The number of benzene rings is 2. The molecule has 3 heteroatoms. The van der Waals surface area contributed by atoms with E-state index in [0.29, 0.717) is 13.0 Å². The van der Waals surface area contributed by atoms with Gasteiger partial charge >= 0.3 is 0 Å². The molecule has 1 aliphatic rings. The van der Waals surface area contributed by atoms with Crippen molar-refractivity contribution in [1.82, 2.24) is 10.2 Å². The van der Waals surface area contributed by atoms with Crippen molar-refractivity contribution in [3.8, 4) is 11.1 Å². The largest absolute Gasteiger partial charge is 0.336 e. The molecule has 1 heterocycles. The zero-order chi connectivity index (χ0) is 16.1. The zero-order valence-electron chi connectivity index (χ0n) is 13.2. The number of rotatable bonds is 5. The molecule has 0 bridgehead atoms. The molecule has 2 aromatic carbocycles. The molecular weight excluding hydrogens is 284 g/mol. The van der Waals surface area contributed by atoms with Gasteiger partial charge in [-0.1, -0.05) is 60.7 Å². The molecule has 1 N–H and O–H groups in total. The lowest BCUT2D eigenvalue weighted by Crippen LogP contribution is -2.55. The van der Waals surface area contributed by atoms with Gasteiger partial charge in [0.25, 0.3) is 0 Å². The number of nitrogens with zero attached hydrogens (tertiary/aromatic N) is 1. The van der Waals surface area contributed by atoms with Gasteiger partial charge in [0.2, 0.25) is 5.91 Å². The highest BCUT2D eigenvalue weighted by molar-refractivity contribution is 5.83. The van der Waals surface area contributed by atoms with E-state index in [9.17, 15) is 4.79 Å². The van der Waals surface area contributed by atoms with Gasteiger partial charge < -0.3 is 10.2 Å². The highest BCUT2D eigenvalue weighted by Gasteiger charge is 2.27. The van der Waals surface area contributed by atoms with Crippen molar-refractivity contribution in [3.05, 3.63) is 72.8 Å². The van der Waals surface area contributed by atoms with Crippen LogP contribution in [0.1, 0.15) is 5.56 Å². The summed E-state index contributed by atoms with van der Waals surface area (Å²) in [5.74, 6) is 0.168. The minimum atomic E-state index is -0.144. The van der Waals surface area contributed by atoms with Gasteiger partial charge in [0.05, 0.1) is 6.04 Å². The molecule has 0 saturated carbocycles. The van der Waals surface area contributed by atoms with Crippen LogP contribution in [0, 0.1) is 0 Å². The molecule has 23 heavy (non-hydrogen) atoms. The fourth-order valence-electron chi connectivity index (χ4n) is 3.03. The molecule has 2 aromatic rings. The van der Waals surface area contributed by atoms with Gasteiger partial charge in [-0.05, 0) is 23.1 Å². The van der Waals surface area contributed by atoms with E-state index in [1.165, 1.54) is 16.7 Å². The second-order valence-electron chi connectivity index (χ2n) is 5.85. The Labute approximate surface area is 137 Å². The standard InChI is InChI=1S/C20H22N2O/c1-2-12-22-13-11-21-19(20(22)23)15-16-7-6-10-18(14-16)17-8-4-3-5-9-17/h2-10,14,19,21H,1,11-13,15H2. The highest BCUT2D eigenvalue weighted by Crippen LogP contribution is 2.21. The third-order valence-corrected chi connectivity index (χ3v) is 4.21. The van der Waals surface area contributed by atoms with E-state index in [-0.39, 0.29) is 11.9 Å². The Morgan fingerprint density at radius 1 is 1.13 bits per heavy atom. The highest BCUT2D eigenvalue weighted by atomic mass is 16.2. The van der Waals surface area contributed by atoms with Crippen LogP contribution in [0.15, 0.2) is 67.3 Å². The fourth-order valence-corrected chi connectivity index (χ4v) is 3.03. The third-order valence-electron chi connectivity index (χ3n) is 4.21. The van der Waals surface area contributed by atoms with Crippen molar-refractivity contribution in [2.45, 2.75) is 12.5 Å². The molecule has 1 amide bonds. The Morgan fingerprint density at radius 3 is 2.70 bits per heavy atom. The van der Waals surface area contributed by atoms with Crippen LogP contribution in [0.5, 0.6) is 0 Å². The van der Waals surface area contributed by atoms with Crippen LogP contribution in [-0.4, -0.2) is 36.5 Å². The van der Waals surface area contributed by atoms with Crippen LogP contribution < -0.4 is 5.32 Å². The normalized spacial score (nSPS) is 18.0. The first-order chi connectivity index (χ1) is 11.3. The Morgan fingerprint density at radius 2 is 1.91 bits per heavy atom. The fraction of sp³-hybridized carbons (Fsp3) is 0.250. The topological polar surface area (TPSA) is 32.3 Å². The van der Waals surface area contributed by atoms with E-state index >= 15 is 0 Å². The number of amides is 1. The van der Waals surface area contributed by atoms with Crippen LogP contribution >= 0.6 is 0 Å². The van der Waals surface area contributed by atoms with Crippen molar-refractivity contribution in [1.29, 1.82) is 0 Å². The lowest BCUT2D eigenvalue weighted by atomic mass is 9.98. The zero-order valence-corrected chi connectivity index (χ0v) is 13.2. The predicted molar refractivity (Wildman–Crippen MR) is 94.1 cm³/mol. The monoisotopic (exact) mass is 306 g/mol. The minimum absolute atomic E-state index is 0.144. The van der Waals surface area contributed by atoms with Gasteiger partial charge in [0, 0.05) is 19.6 Å². The van der Waals surface area contributed by atoms with E-state index in [0.717, 1.165) is 13.1 Å². The lowest BCUT2D eigenvalue weighted by molar-refractivity contribution is -0.135. The summed E-state index contributed by atoms with van der Waals surface area (Å²) in [6, 6.07) is 18.6. The first-order valence-corrected chi connectivity index (χ1v) is 8.05. The molecule has 1 unspecified atom stereocenters. The van der Waals surface area contributed by atoms with Crippen LogP contribution in [0.2, 0.25) is 0 Å². The number of hydrogen-bond acceptors (Lipinski definition) is 2. The number of carbonyl (C=O) groups is 1. The second-order valence-corrected chi connectivity index (χ2v) is 5.85. The first kappa shape index (κ1) is 15.5. The summed E-state index contributed by atoms with van der Waals surface area (Å²) < 4.78 is 0. The molecule has 0 radical (unpaired) electrons. The summed E-state index contributed by atoms with van der Waals surface area (Å²) in [6.45, 7) is 5.95. The van der Waals surface area contributed by atoms with Crippen molar-refractivity contribution in [2.75, 3.05) is 19.6 Å². The van der Waals surface area contributed by atoms with Crippen LogP contribution in [0.4, 0.5) is 0 Å². The molecule has 0 aromatic heterocycles. The number of carbonyl (C=O) groups excluding carboxylic acids is 1. The maximum Gasteiger partial charge on any atom is 0.240 e. The summed E-state index contributed by atoms with van der Waals surface area (Å²) in [5.41, 5.74) is 3.57. The molecular formula is C20H22N2O. The van der Waals surface area contributed by atoms with Gasteiger partial charge in [0.1, 0.15) is 0 Å². The number of piperazine rings is 1. The first-order valence-electron chi connectivity index (χ1n) is 8.05. The molecule has 1 aliphatic heterocycles. The summed E-state index contributed by atoms with van der Waals surface area (Å²) >= 11 is 0. The van der Waals surface area contributed by atoms with Gasteiger partial charge in [-0.3, -0.25) is 4.79 Å². The SMILES string of the molecule is C=CCN1CCNC(Cc2cccc(-c3ccccc3)c2)C1=O. The van der Waals surface area contributed by atoms with Gasteiger partial charge in [-0.15, -0.1) is 6.58 Å². The summed E-state index contributed by atoms with van der Waals surface area (Å²) in [7, 11) is 0. The Bertz CT molecular complexity index is 681. The molecule has 0 aliphatic carbocycles. The van der Waals surface area contributed by atoms with E-state index in [1.807, 2.05) is 23.1 Å². The molecule has 3 rings (SSSR count). The van der Waals surface area contributed by atoms with Crippen LogP contribution in [0.25, 0.3) is 11.1 Å². The molecule has 0 spiro atoms. The van der Waals surface area contributed by atoms with Crippen molar-refractivity contribution in [3.63, 3.8) is 0 Å². The van der Waals surface area contributed by atoms with Crippen molar-refractivity contribution >= 4 is 5.91 Å². The van der Waals surface area contributed by atoms with Gasteiger partial charge in [-0.2, -0.15) is 0 Å². The van der Waals surface area contributed by atoms with E-state index in [2.05, 4.69) is 48.3 Å². The average molecular weight is 306 g/mol. The third kappa shape index (κ3) is 3.69. The molecule has 1 atom stereocenters. The molecule has 1 saturated heterocycles. The van der Waals surface area contributed by atoms with E-state index < -0.39 is 0 Å². The Hall–Kier alpha value is -2.39. The smallest absolute Gasteiger partial charge is 0.240 e. The summed E-state index contributed by atoms with van der Waals surface area (Å²) in [4.78, 5) is 14.4. The van der Waals surface area contributed by atoms with Crippen molar-refractivity contribution < 1.29 is 4.79 Å². The van der Waals surface area contributed by atoms with E-state index in [4.69, 9.17) is 0 Å². The van der Waals surface area contributed by atoms with Crippen LogP contribution in [-0.2, 0) is 11.2 Å². The van der Waals surface area contributed by atoms with E-state index in [1.54, 1.807) is 6.08 Å². The Kier molecular flexibility index (Phi) is 4.89. The van der Waals surface area contributed by atoms with Crippen LogP contribution in [0.3, 0.4) is 0 Å². The van der Waals surface area contributed by atoms with Gasteiger partial charge in [0.15, 0.2) is 0 Å². The maximum absolute atomic E-state index is 12.5. The van der Waals surface area contributed by atoms with Gasteiger partial charge in [-0.25, -0.2) is 0 Å². The predicted octanol–water partition coefficient (Wildman–Crippen LogP) is 2.88. The van der Waals surface area contributed by atoms with Crippen molar-refractivity contribution in [2.24, 2.45) is 0 Å².